The lowest BCUT2D eigenvalue weighted by molar-refractivity contribution is -0.126. The van der Waals surface area contributed by atoms with Crippen LogP contribution >= 0.6 is 11.3 Å². The van der Waals surface area contributed by atoms with Gasteiger partial charge in [-0.2, -0.15) is 5.10 Å². The SMILES string of the molecule is CN(C)CC(C)(C)CNC(=O)C1CCN(C(=O)c2cn(-c3ccccc3)nc2-c2cccs2)CC1. The molecule has 1 aromatic carbocycles. The van der Waals surface area contributed by atoms with Crippen molar-refractivity contribution in [3.05, 3.63) is 59.6 Å². The second kappa shape index (κ2) is 10.7. The molecule has 0 bridgehead atoms. The molecule has 0 spiro atoms. The maximum absolute atomic E-state index is 13.6. The number of hydrogen-bond acceptors (Lipinski definition) is 5. The predicted octanol–water partition coefficient (Wildman–Crippen LogP) is 4.16. The van der Waals surface area contributed by atoms with Crippen LogP contribution in [0.25, 0.3) is 16.3 Å². The van der Waals surface area contributed by atoms with E-state index in [2.05, 4.69) is 24.1 Å². The van der Waals surface area contributed by atoms with Crippen LogP contribution in [0.3, 0.4) is 0 Å². The fourth-order valence-corrected chi connectivity index (χ4v) is 5.46. The first-order valence-corrected chi connectivity index (χ1v) is 13.0. The Kier molecular flexibility index (Phi) is 7.72. The molecule has 2 aromatic heterocycles. The van der Waals surface area contributed by atoms with E-state index in [9.17, 15) is 9.59 Å². The smallest absolute Gasteiger partial charge is 0.257 e. The highest BCUT2D eigenvalue weighted by Crippen LogP contribution is 2.30. The second-order valence-corrected chi connectivity index (χ2v) is 11.3. The number of piperidine rings is 1. The molecule has 0 atom stereocenters. The minimum atomic E-state index is -0.0574. The number of carbonyl (C=O) groups excluding carboxylic acids is 2. The standard InChI is InChI=1S/C27H35N5O2S/c1-27(2,19-30(3)4)18-28-25(33)20-12-14-31(15-13-20)26(34)22-17-32(21-9-6-5-7-10-21)29-24(22)23-11-8-16-35-23/h5-11,16-17,20H,12-15,18-19H2,1-4H3,(H,28,33). The van der Waals surface area contributed by atoms with Crippen molar-refractivity contribution in [3.8, 4) is 16.3 Å². The average molecular weight is 494 g/mol. The lowest BCUT2D eigenvalue weighted by atomic mass is 9.91. The summed E-state index contributed by atoms with van der Waals surface area (Å²) in [6.07, 6.45) is 3.18. The molecule has 7 nitrogen and oxygen atoms in total. The molecule has 186 valence electrons. The zero-order valence-electron chi connectivity index (χ0n) is 21.0. The normalized spacial score (nSPS) is 14.9. The van der Waals surface area contributed by atoms with E-state index in [4.69, 9.17) is 5.10 Å². The molecule has 3 aromatic rings. The van der Waals surface area contributed by atoms with Gasteiger partial charge in [0.05, 0.1) is 16.1 Å². The Morgan fingerprint density at radius 1 is 1.11 bits per heavy atom. The quantitative estimate of drug-likeness (QED) is 0.512. The van der Waals surface area contributed by atoms with Crippen molar-refractivity contribution in [2.24, 2.45) is 11.3 Å². The Morgan fingerprint density at radius 3 is 2.46 bits per heavy atom. The molecule has 1 fully saturated rings. The molecular formula is C27H35N5O2S. The number of rotatable bonds is 8. The zero-order chi connectivity index (χ0) is 25.0. The lowest BCUT2D eigenvalue weighted by Crippen LogP contribution is -2.46. The topological polar surface area (TPSA) is 70.5 Å². The first kappa shape index (κ1) is 25.1. The summed E-state index contributed by atoms with van der Waals surface area (Å²) in [5.41, 5.74) is 2.23. The molecular weight excluding hydrogens is 458 g/mol. The number of aromatic nitrogens is 2. The molecule has 0 saturated carbocycles. The van der Waals surface area contributed by atoms with Gasteiger partial charge in [-0.3, -0.25) is 9.59 Å². The maximum Gasteiger partial charge on any atom is 0.257 e. The van der Waals surface area contributed by atoms with Gasteiger partial charge in [0.25, 0.3) is 5.91 Å². The molecule has 3 heterocycles. The number of amides is 2. The van der Waals surface area contributed by atoms with E-state index in [0.717, 1.165) is 17.1 Å². The van der Waals surface area contributed by atoms with E-state index in [0.29, 0.717) is 43.7 Å². The summed E-state index contributed by atoms with van der Waals surface area (Å²) in [5, 5.41) is 9.90. The Balaban J connectivity index is 1.42. The lowest BCUT2D eigenvalue weighted by Gasteiger charge is -2.33. The Morgan fingerprint density at radius 2 is 1.83 bits per heavy atom. The first-order chi connectivity index (χ1) is 16.7. The fourth-order valence-electron chi connectivity index (χ4n) is 4.74. The number of likely N-dealkylation sites (tertiary alicyclic amines) is 1. The van der Waals surface area contributed by atoms with E-state index in [1.807, 2.05) is 73.0 Å². The molecule has 1 N–H and O–H groups in total. The molecule has 1 aliphatic rings. The van der Waals surface area contributed by atoms with Crippen LogP contribution < -0.4 is 5.32 Å². The predicted molar refractivity (Wildman–Crippen MR) is 141 cm³/mol. The molecule has 4 rings (SSSR count). The van der Waals surface area contributed by atoms with Gasteiger partial charge < -0.3 is 15.1 Å². The number of nitrogens with zero attached hydrogens (tertiary/aromatic N) is 4. The van der Waals surface area contributed by atoms with E-state index >= 15 is 0 Å². The highest BCUT2D eigenvalue weighted by molar-refractivity contribution is 7.13. The van der Waals surface area contributed by atoms with Crippen molar-refractivity contribution < 1.29 is 9.59 Å². The Hall–Kier alpha value is -2.97. The number of carbonyl (C=O) groups is 2. The largest absolute Gasteiger partial charge is 0.355 e. The van der Waals surface area contributed by atoms with Crippen LogP contribution in [0.1, 0.15) is 37.0 Å². The van der Waals surface area contributed by atoms with Gasteiger partial charge in [0, 0.05) is 38.3 Å². The number of thiophene rings is 1. The van der Waals surface area contributed by atoms with Crippen molar-refractivity contribution >= 4 is 23.2 Å². The van der Waals surface area contributed by atoms with Crippen LogP contribution in [0.15, 0.2) is 54.0 Å². The van der Waals surface area contributed by atoms with E-state index in [1.165, 1.54) is 0 Å². The molecule has 1 aliphatic heterocycles. The van der Waals surface area contributed by atoms with Crippen molar-refractivity contribution in [1.29, 1.82) is 0 Å². The van der Waals surface area contributed by atoms with E-state index in [-0.39, 0.29) is 23.1 Å². The third-order valence-electron chi connectivity index (χ3n) is 6.36. The van der Waals surface area contributed by atoms with Gasteiger partial charge >= 0.3 is 0 Å². The second-order valence-electron chi connectivity index (χ2n) is 10.3. The molecule has 2 amide bonds. The zero-order valence-corrected chi connectivity index (χ0v) is 21.8. The number of benzene rings is 1. The van der Waals surface area contributed by atoms with Crippen molar-refractivity contribution in [2.45, 2.75) is 26.7 Å². The molecule has 0 radical (unpaired) electrons. The van der Waals surface area contributed by atoms with Crippen LogP contribution in [0.4, 0.5) is 0 Å². The number of para-hydroxylation sites is 1. The van der Waals surface area contributed by atoms with Gasteiger partial charge in [-0.15, -0.1) is 11.3 Å². The van der Waals surface area contributed by atoms with Crippen molar-refractivity contribution in [3.63, 3.8) is 0 Å². The van der Waals surface area contributed by atoms with Gasteiger partial charge in [-0.1, -0.05) is 38.1 Å². The minimum absolute atomic E-state index is 0.00688. The van der Waals surface area contributed by atoms with E-state index < -0.39 is 0 Å². The summed E-state index contributed by atoms with van der Waals surface area (Å²) in [7, 11) is 4.09. The number of hydrogen-bond donors (Lipinski definition) is 1. The summed E-state index contributed by atoms with van der Waals surface area (Å²) in [4.78, 5) is 31.3. The molecule has 0 unspecified atom stereocenters. The summed E-state index contributed by atoms with van der Waals surface area (Å²) in [6.45, 7) is 7.01. The molecule has 8 heteroatoms. The summed E-state index contributed by atoms with van der Waals surface area (Å²) < 4.78 is 1.78. The Bertz CT molecular complexity index is 1130. The third kappa shape index (κ3) is 6.18. The number of nitrogens with one attached hydrogen (secondary N) is 1. The Labute approximate surface area is 211 Å². The van der Waals surface area contributed by atoms with Crippen LogP contribution in [0.2, 0.25) is 0 Å². The molecule has 35 heavy (non-hydrogen) atoms. The third-order valence-corrected chi connectivity index (χ3v) is 7.23. The summed E-state index contributed by atoms with van der Waals surface area (Å²) in [5.74, 6) is 0.0136. The highest BCUT2D eigenvalue weighted by atomic mass is 32.1. The highest BCUT2D eigenvalue weighted by Gasteiger charge is 2.31. The van der Waals surface area contributed by atoms with Gasteiger partial charge in [0.2, 0.25) is 5.91 Å². The first-order valence-electron chi connectivity index (χ1n) is 12.1. The van der Waals surface area contributed by atoms with Gasteiger partial charge in [0.1, 0.15) is 5.69 Å². The van der Waals surface area contributed by atoms with Crippen LogP contribution in [0, 0.1) is 11.3 Å². The monoisotopic (exact) mass is 493 g/mol. The van der Waals surface area contributed by atoms with Gasteiger partial charge in [0.15, 0.2) is 0 Å². The van der Waals surface area contributed by atoms with Gasteiger partial charge in [-0.25, -0.2) is 4.68 Å². The molecule has 1 saturated heterocycles. The fraction of sp³-hybridized carbons (Fsp3) is 0.444. The molecule has 0 aliphatic carbocycles. The average Bonchev–Trinajstić information content (AvgIpc) is 3.52. The van der Waals surface area contributed by atoms with Crippen LogP contribution in [0.5, 0.6) is 0 Å². The van der Waals surface area contributed by atoms with Crippen molar-refractivity contribution in [1.82, 2.24) is 24.9 Å². The summed E-state index contributed by atoms with van der Waals surface area (Å²) in [6, 6.07) is 13.8. The maximum atomic E-state index is 13.6. The van der Waals surface area contributed by atoms with Crippen molar-refractivity contribution in [2.75, 3.05) is 40.3 Å². The van der Waals surface area contributed by atoms with E-state index in [1.54, 1.807) is 16.0 Å². The minimum Gasteiger partial charge on any atom is -0.355 e. The van der Waals surface area contributed by atoms with Crippen LogP contribution in [-0.4, -0.2) is 71.7 Å². The van der Waals surface area contributed by atoms with Gasteiger partial charge in [-0.05, 0) is 55.9 Å². The summed E-state index contributed by atoms with van der Waals surface area (Å²) >= 11 is 1.58. The van der Waals surface area contributed by atoms with Crippen LogP contribution in [-0.2, 0) is 4.79 Å².